The molecule has 2 aliphatic rings. The number of carbonyl (C=O) groups is 1. The van der Waals surface area contributed by atoms with Gasteiger partial charge in [-0.05, 0) is 25.0 Å². The number of hydrogen-bond donors (Lipinski definition) is 0. The van der Waals surface area contributed by atoms with Gasteiger partial charge in [0.1, 0.15) is 11.9 Å². The van der Waals surface area contributed by atoms with Crippen molar-refractivity contribution in [2.24, 2.45) is 11.3 Å². The van der Waals surface area contributed by atoms with Crippen LogP contribution in [0.15, 0.2) is 30.3 Å². The van der Waals surface area contributed by atoms with Gasteiger partial charge in [0.25, 0.3) is 0 Å². The molecule has 1 aromatic heterocycles. The first kappa shape index (κ1) is 17.3. The minimum Gasteiger partial charge on any atom is -0.458 e. The van der Waals surface area contributed by atoms with E-state index in [0.29, 0.717) is 11.5 Å². The second-order valence-corrected chi connectivity index (χ2v) is 8.18. The van der Waals surface area contributed by atoms with Gasteiger partial charge in [-0.2, -0.15) is 0 Å². The van der Waals surface area contributed by atoms with Crippen molar-refractivity contribution in [2.75, 3.05) is 25.6 Å². The van der Waals surface area contributed by atoms with Crippen LogP contribution in [0.25, 0.3) is 10.9 Å². The van der Waals surface area contributed by atoms with Crippen LogP contribution >= 0.6 is 0 Å². The standard InChI is InChI=1S/C21H26N2O3/c1-21(2)18-14(9-7-11-25-18)19(21)26-20(24)15-12-17(23(3)4)22-16-10-6-5-8-13(15)16/h5-6,8,10,12,14,18-19H,7,9,11H2,1-4H3/t14-,18+,19+/m0/s1. The first-order chi connectivity index (χ1) is 12.4. The monoisotopic (exact) mass is 354 g/mol. The number of nitrogens with zero attached hydrogens (tertiary/aromatic N) is 2. The summed E-state index contributed by atoms with van der Waals surface area (Å²) >= 11 is 0. The van der Waals surface area contributed by atoms with E-state index < -0.39 is 0 Å². The molecule has 2 fully saturated rings. The first-order valence-corrected chi connectivity index (χ1v) is 9.29. The van der Waals surface area contributed by atoms with E-state index >= 15 is 0 Å². The maximum Gasteiger partial charge on any atom is 0.339 e. The maximum absolute atomic E-state index is 13.1. The highest BCUT2D eigenvalue weighted by Crippen LogP contribution is 2.53. The Morgan fingerprint density at radius 3 is 2.85 bits per heavy atom. The van der Waals surface area contributed by atoms with Crippen molar-refractivity contribution in [1.29, 1.82) is 0 Å². The van der Waals surface area contributed by atoms with Gasteiger partial charge in [-0.15, -0.1) is 0 Å². The van der Waals surface area contributed by atoms with Crippen LogP contribution in [-0.4, -0.2) is 43.9 Å². The molecule has 26 heavy (non-hydrogen) atoms. The fourth-order valence-corrected chi connectivity index (χ4v) is 4.45. The molecule has 4 rings (SSSR count). The second kappa shape index (κ2) is 6.23. The molecule has 0 spiro atoms. The van der Waals surface area contributed by atoms with Crippen molar-refractivity contribution in [1.82, 2.24) is 4.98 Å². The van der Waals surface area contributed by atoms with E-state index in [9.17, 15) is 4.79 Å². The van der Waals surface area contributed by atoms with Crippen molar-refractivity contribution in [3.8, 4) is 0 Å². The van der Waals surface area contributed by atoms with Gasteiger partial charge >= 0.3 is 5.97 Å². The van der Waals surface area contributed by atoms with Crippen LogP contribution in [0.2, 0.25) is 0 Å². The van der Waals surface area contributed by atoms with Gasteiger partial charge in [-0.25, -0.2) is 9.78 Å². The molecule has 3 atom stereocenters. The molecule has 0 radical (unpaired) electrons. The Hall–Kier alpha value is -2.14. The average molecular weight is 354 g/mol. The summed E-state index contributed by atoms with van der Waals surface area (Å²) in [6.45, 7) is 5.08. The summed E-state index contributed by atoms with van der Waals surface area (Å²) in [6.07, 6.45) is 2.19. The fourth-order valence-electron chi connectivity index (χ4n) is 4.45. The zero-order valence-electron chi connectivity index (χ0n) is 15.9. The van der Waals surface area contributed by atoms with E-state index in [2.05, 4.69) is 18.8 Å². The number of fused-ring (bicyclic) bond motifs is 2. The smallest absolute Gasteiger partial charge is 0.339 e. The number of esters is 1. The topological polar surface area (TPSA) is 51.7 Å². The molecule has 2 aromatic rings. The third-order valence-electron chi connectivity index (χ3n) is 5.84. The molecule has 0 N–H and O–H groups in total. The number of para-hydroxylation sites is 1. The predicted molar refractivity (Wildman–Crippen MR) is 102 cm³/mol. The van der Waals surface area contributed by atoms with Crippen LogP contribution in [0.4, 0.5) is 5.82 Å². The Kier molecular flexibility index (Phi) is 4.14. The van der Waals surface area contributed by atoms with E-state index in [1.165, 1.54) is 0 Å². The Morgan fingerprint density at radius 2 is 2.08 bits per heavy atom. The van der Waals surface area contributed by atoms with E-state index in [1.807, 2.05) is 49.3 Å². The summed E-state index contributed by atoms with van der Waals surface area (Å²) in [5.41, 5.74) is 1.24. The normalized spacial score (nSPS) is 26.7. The number of rotatable bonds is 3. The molecule has 1 saturated heterocycles. The molecule has 0 unspecified atom stereocenters. The van der Waals surface area contributed by atoms with Crippen molar-refractivity contribution in [2.45, 2.75) is 38.9 Å². The van der Waals surface area contributed by atoms with Gasteiger partial charge < -0.3 is 14.4 Å². The molecule has 1 aromatic carbocycles. The van der Waals surface area contributed by atoms with Crippen LogP contribution in [0.3, 0.4) is 0 Å². The molecule has 0 amide bonds. The number of carbonyl (C=O) groups excluding carboxylic acids is 1. The number of benzene rings is 1. The minimum atomic E-state index is -0.270. The second-order valence-electron chi connectivity index (χ2n) is 8.18. The number of anilines is 1. The summed E-state index contributed by atoms with van der Waals surface area (Å²) in [4.78, 5) is 19.6. The summed E-state index contributed by atoms with van der Waals surface area (Å²) in [6, 6.07) is 9.54. The lowest BCUT2D eigenvalue weighted by Gasteiger charge is -2.58. The van der Waals surface area contributed by atoms with Gasteiger partial charge in [-0.3, -0.25) is 0 Å². The average Bonchev–Trinajstić information content (AvgIpc) is 2.65. The van der Waals surface area contributed by atoms with E-state index in [1.54, 1.807) is 0 Å². The quantitative estimate of drug-likeness (QED) is 0.788. The molecule has 0 bridgehead atoms. The molecule has 138 valence electrons. The lowest BCUT2D eigenvalue weighted by molar-refractivity contribution is -0.243. The van der Waals surface area contributed by atoms with Gasteiger partial charge in [0.15, 0.2) is 0 Å². The van der Waals surface area contributed by atoms with Gasteiger partial charge in [0.05, 0.1) is 17.2 Å². The van der Waals surface area contributed by atoms with Gasteiger partial charge in [0, 0.05) is 37.4 Å². The van der Waals surface area contributed by atoms with E-state index in [4.69, 9.17) is 9.47 Å². The van der Waals surface area contributed by atoms with Crippen LogP contribution in [0.1, 0.15) is 37.0 Å². The third kappa shape index (κ3) is 2.65. The van der Waals surface area contributed by atoms with Gasteiger partial charge in [-0.1, -0.05) is 32.0 Å². The number of aromatic nitrogens is 1. The lowest BCUT2D eigenvalue weighted by atomic mass is 9.56. The predicted octanol–water partition coefficient (Wildman–Crippen LogP) is 3.66. The SMILES string of the molecule is CN(C)c1cc(C(=O)O[C@@H]2[C@H]3CCCO[C@H]3C2(C)C)c2ccccc2n1. The molecule has 2 heterocycles. The van der Waals surface area contributed by atoms with Crippen molar-refractivity contribution in [3.63, 3.8) is 0 Å². The molecular weight excluding hydrogens is 328 g/mol. The summed E-state index contributed by atoms with van der Waals surface area (Å²) in [7, 11) is 3.84. The van der Waals surface area contributed by atoms with Gasteiger partial charge in [0.2, 0.25) is 0 Å². The highest BCUT2D eigenvalue weighted by atomic mass is 16.6. The zero-order valence-corrected chi connectivity index (χ0v) is 15.9. The van der Waals surface area contributed by atoms with Crippen LogP contribution in [-0.2, 0) is 9.47 Å². The third-order valence-corrected chi connectivity index (χ3v) is 5.84. The van der Waals surface area contributed by atoms with E-state index in [-0.39, 0.29) is 23.6 Å². The first-order valence-electron chi connectivity index (χ1n) is 9.29. The molecular formula is C21H26N2O3. The van der Waals surface area contributed by atoms with Crippen LogP contribution in [0, 0.1) is 11.3 Å². The molecule has 5 nitrogen and oxygen atoms in total. The summed E-state index contributed by atoms with van der Waals surface area (Å²) < 4.78 is 12.0. The highest BCUT2D eigenvalue weighted by molar-refractivity contribution is 6.04. The largest absolute Gasteiger partial charge is 0.458 e. The zero-order chi connectivity index (χ0) is 18.5. The Bertz CT molecular complexity index is 846. The molecule has 1 aliphatic carbocycles. The number of hydrogen-bond acceptors (Lipinski definition) is 5. The molecule has 1 saturated carbocycles. The Labute approximate surface area is 154 Å². The number of pyridine rings is 1. The van der Waals surface area contributed by atoms with Crippen molar-refractivity contribution in [3.05, 3.63) is 35.9 Å². The van der Waals surface area contributed by atoms with Crippen molar-refractivity contribution < 1.29 is 14.3 Å². The van der Waals surface area contributed by atoms with Crippen molar-refractivity contribution >= 4 is 22.7 Å². The highest BCUT2D eigenvalue weighted by Gasteiger charge is 2.60. The Balaban J connectivity index is 1.66. The summed E-state index contributed by atoms with van der Waals surface area (Å²) in [5, 5.41) is 0.830. The maximum atomic E-state index is 13.1. The summed E-state index contributed by atoms with van der Waals surface area (Å²) in [5.74, 6) is 0.792. The van der Waals surface area contributed by atoms with Crippen LogP contribution < -0.4 is 4.90 Å². The minimum absolute atomic E-state index is 0.102. The number of ether oxygens (including phenoxy) is 2. The Morgan fingerprint density at radius 1 is 1.31 bits per heavy atom. The lowest BCUT2D eigenvalue weighted by Crippen LogP contribution is -2.65. The van der Waals surface area contributed by atoms with Crippen LogP contribution in [0.5, 0.6) is 0 Å². The molecule has 5 heteroatoms. The van der Waals surface area contributed by atoms with E-state index in [0.717, 1.165) is 36.2 Å². The molecule has 1 aliphatic heterocycles. The fraction of sp³-hybridized carbons (Fsp3) is 0.524.